The zero-order valence-corrected chi connectivity index (χ0v) is 5.00. The minimum absolute atomic E-state index is 0.426. The summed E-state index contributed by atoms with van der Waals surface area (Å²) < 4.78 is 0. The molecule has 0 aliphatic rings. The summed E-state index contributed by atoms with van der Waals surface area (Å²) in [5, 5.41) is 23.4. The number of nitrogens with one attached hydrogen (secondary N) is 1. The summed E-state index contributed by atoms with van der Waals surface area (Å²) in [6.45, 7) is 1.72. The Morgan fingerprint density at radius 1 is 1.67 bits per heavy atom. The monoisotopic (exact) mass is 126 g/mol. The first kappa shape index (κ1) is 6.32. The molecule has 4 nitrogen and oxygen atoms in total. The van der Waals surface area contributed by atoms with Crippen LogP contribution >= 0.6 is 0 Å². The number of hydrogen-bond donors (Lipinski definition) is 3. The van der Waals surface area contributed by atoms with E-state index in [1.165, 1.54) is 6.20 Å². The highest BCUT2D eigenvalue weighted by Crippen LogP contribution is 1.84. The molecule has 0 bridgehead atoms. The molecule has 0 aromatic carbocycles. The van der Waals surface area contributed by atoms with Gasteiger partial charge >= 0.3 is 7.12 Å². The molecule has 0 saturated carbocycles. The van der Waals surface area contributed by atoms with Crippen LogP contribution in [0.1, 0.15) is 5.69 Å². The largest absolute Gasteiger partial charge is 0.491 e. The van der Waals surface area contributed by atoms with E-state index in [2.05, 4.69) is 10.2 Å². The van der Waals surface area contributed by atoms with Crippen LogP contribution in [0.5, 0.6) is 0 Å². The SMILES string of the molecule is Cc1[nH]ncc1B(O)O. The van der Waals surface area contributed by atoms with Gasteiger partial charge in [-0.25, -0.2) is 0 Å². The minimum Gasteiger partial charge on any atom is -0.423 e. The van der Waals surface area contributed by atoms with Crippen LogP contribution in [0.2, 0.25) is 0 Å². The van der Waals surface area contributed by atoms with E-state index in [4.69, 9.17) is 10.0 Å². The second-order valence-corrected chi connectivity index (χ2v) is 1.82. The molecule has 1 aromatic rings. The molecular formula is C4H7BN2O2. The first-order valence-electron chi connectivity index (χ1n) is 2.58. The van der Waals surface area contributed by atoms with Crippen molar-refractivity contribution in [1.82, 2.24) is 10.2 Å². The highest BCUT2D eigenvalue weighted by molar-refractivity contribution is 6.59. The fourth-order valence-corrected chi connectivity index (χ4v) is 0.620. The van der Waals surface area contributed by atoms with Gasteiger partial charge in [0, 0.05) is 17.4 Å². The van der Waals surface area contributed by atoms with Gasteiger partial charge in [0.2, 0.25) is 0 Å². The van der Waals surface area contributed by atoms with Gasteiger partial charge in [0.1, 0.15) is 0 Å². The van der Waals surface area contributed by atoms with Crippen molar-refractivity contribution >= 4 is 12.6 Å². The number of aromatic amines is 1. The van der Waals surface area contributed by atoms with Crippen LogP contribution in [0.4, 0.5) is 0 Å². The molecule has 9 heavy (non-hydrogen) atoms. The van der Waals surface area contributed by atoms with Crippen LogP contribution < -0.4 is 5.46 Å². The van der Waals surface area contributed by atoms with E-state index in [9.17, 15) is 0 Å². The van der Waals surface area contributed by atoms with Gasteiger partial charge < -0.3 is 10.0 Å². The third kappa shape index (κ3) is 1.12. The molecule has 1 aromatic heterocycles. The molecule has 3 N–H and O–H groups in total. The van der Waals surface area contributed by atoms with Crippen LogP contribution in [0.15, 0.2) is 6.20 Å². The molecule has 0 amide bonds. The second-order valence-electron chi connectivity index (χ2n) is 1.82. The Bertz CT molecular complexity index is 198. The van der Waals surface area contributed by atoms with Crippen LogP contribution in [0.25, 0.3) is 0 Å². The molecule has 0 radical (unpaired) electrons. The van der Waals surface area contributed by atoms with Crippen molar-refractivity contribution in [1.29, 1.82) is 0 Å². The van der Waals surface area contributed by atoms with Crippen LogP contribution in [0, 0.1) is 6.92 Å². The lowest BCUT2D eigenvalue weighted by Crippen LogP contribution is -2.30. The summed E-state index contributed by atoms with van der Waals surface area (Å²) >= 11 is 0. The highest BCUT2D eigenvalue weighted by Gasteiger charge is 2.14. The maximum absolute atomic E-state index is 8.59. The summed E-state index contributed by atoms with van der Waals surface area (Å²) in [4.78, 5) is 0. The smallest absolute Gasteiger partial charge is 0.423 e. The molecule has 0 aliphatic heterocycles. The van der Waals surface area contributed by atoms with Gasteiger partial charge in [-0.1, -0.05) is 0 Å². The molecule has 0 atom stereocenters. The second kappa shape index (κ2) is 2.20. The number of aryl methyl sites for hydroxylation is 1. The number of hydrogen-bond acceptors (Lipinski definition) is 3. The number of rotatable bonds is 1. The normalized spacial score (nSPS) is 9.67. The van der Waals surface area contributed by atoms with E-state index >= 15 is 0 Å². The first-order chi connectivity index (χ1) is 4.22. The van der Waals surface area contributed by atoms with Crippen LogP contribution in [-0.2, 0) is 0 Å². The Morgan fingerprint density at radius 3 is 2.56 bits per heavy atom. The van der Waals surface area contributed by atoms with Crippen LogP contribution in [-0.4, -0.2) is 27.4 Å². The van der Waals surface area contributed by atoms with Crippen molar-refractivity contribution in [2.45, 2.75) is 6.92 Å². The Balaban J connectivity index is 2.94. The molecule has 0 unspecified atom stereocenters. The van der Waals surface area contributed by atoms with Crippen LogP contribution in [0.3, 0.4) is 0 Å². The first-order valence-corrected chi connectivity index (χ1v) is 2.58. The molecule has 0 spiro atoms. The third-order valence-corrected chi connectivity index (χ3v) is 1.15. The van der Waals surface area contributed by atoms with Gasteiger partial charge in [-0.3, -0.25) is 5.10 Å². The van der Waals surface area contributed by atoms with E-state index in [1.807, 2.05) is 0 Å². The van der Waals surface area contributed by atoms with Gasteiger partial charge in [-0.15, -0.1) is 0 Å². The number of nitrogens with zero attached hydrogens (tertiary/aromatic N) is 1. The molecule has 0 aliphatic carbocycles. The van der Waals surface area contributed by atoms with Crippen molar-refractivity contribution in [3.8, 4) is 0 Å². The zero-order valence-electron chi connectivity index (χ0n) is 5.00. The van der Waals surface area contributed by atoms with Crippen molar-refractivity contribution in [3.05, 3.63) is 11.9 Å². The van der Waals surface area contributed by atoms with Crippen molar-refractivity contribution in [2.75, 3.05) is 0 Å². The summed E-state index contributed by atoms with van der Waals surface area (Å²) in [6.07, 6.45) is 1.39. The molecular weight excluding hydrogens is 119 g/mol. The molecule has 0 fully saturated rings. The van der Waals surface area contributed by atoms with Gasteiger partial charge in [0.15, 0.2) is 0 Å². The molecule has 5 heteroatoms. The van der Waals surface area contributed by atoms with Crippen molar-refractivity contribution in [2.24, 2.45) is 0 Å². The lowest BCUT2D eigenvalue weighted by atomic mass is 9.81. The lowest BCUT2D eigenvalue weighted by Gasteiger charge is -1.91. The molecule has 1 rings (SSSR count). The van der Waals surface area contributed by atoms with E-state index in [0.717, 1.165) is 0 Å². The van der Waals surface area contributed by atoms with E-state index in [0.29, 0.717) is 11.2 Å². The Kier molecular flexibility index (Phi) is 1.55. The zero-order chi connectivity index (χ0) is 6.85. The quantitative estimate of drug-likeness (QED) is 0.397. The van der Waals surface area contributed by atoms with Gasteiger partial charge in [0.05, 0.1) is 0 Å². The average molecular weight is 126 g/mol. The maximum Gasteiger partial charge on any atom is 0.491 e. The topological polar surface area (TPSA) is 69.1 Å². The predicted molar refractivity (Wildman–Crippen MR) is 33.2 cm³/mol. The minimum atomic E-state index is -1.41. The molecule has 1 heterocycles. The lowest BCUT2D eigenvalue weighted by molar-refractivity contribution is 0.425. The van der Waals surface area contributed by atoms with Crippen molar-refractivity contribution in [3.63, 3.8) is 0 Å². The van der Waals surface area contributed by atoms with Gasteiger partial charge in [0.25, 0.3) is 0 Å². The highest BCUT2D eigenvalue weighted by atomic mass is 16.4. The predicted octanol–water partition coefficient (Wildman–Crippen LogP) is -1.60. The molecule has 0 saturated heterocycles. The van der Waals surface area contributed by atoms with E-state index in [-0.39, 0.29) is 0 Å². The Labute approximate surface area is 52.7 Å². The van der Waals surface area contributed by atoms with Crippen molar-refractivity contribution < 1.29 is 10.0 Å². The summed E-state index contributed by atoms with van der Waals surface area (Å²) in [5.41, 5.74) is 1.11. The molecule has 48 valence electrons. The summed E-state index contributed by atoms with van der Waals surface area (Å²) in [5.74, 6) is 0. The van der Waals surface area contributed by atoms with Gasteiger partial charge in [-0.05, 0) is 6.92 Å². The Hall–Kier alpha value is -0.805. The summed E-state index contributed by atoms with van der Waals surface area (Å²) in [6, 6.07) is 0. The average Bonchev–Trinajstić information content (AvgIpc) is 2.13. The van der Waals surface area contributed by atoms with Gasteiger partial charge in [-0.2, -0.15) is 5.10 Å². The van der Waals surface area contributed by atoms with E-state index in [1.54, 1.807) is 6.92 Å². The van der Waals surface area contributed by atoms with E-state index < -0.39 is 7.12 Å². The summed E-state index contributed by atoms with van der Waals surface area (Å²) in [7, 11) is -1.41. The standard InChI is InChI=1S/C4H7BN2O2/c1-3-4(5(8)9)2-6-7-3/h2,8-9H,1H3,(H,6,7). The third-order valence-electron chi connectivity index (χ3n) is 1.15. The number of H-pyrrole nitrogens is 1. The fourth-order valence-electron chi connectivity index (χ4n) is 0.620. The Morgan fingerprint density at radius 2 is 2.33 bits per heavy atom. The maximum atomic E-state index is 8.59. The fraction of sp³-hybridized carbons (Fsp3) is 0.250. The number of aromatic nitrogens is 2.